The van der Waals surface area contributed by atoms with E-state index in [0.29, 0.717) is 6.04 Å². The maximum Gasteiger partial charge on any atom is 0.239 e. The third-order valence-corrected chi connectivity index (χ3v) is 3.90. The number of anilines is 1. The Morgan fingerprint density at radius 2 is 2.11 bits per heavy atom. The minimum atomic E-state index is 0.0197. The molecule has 0 bridgehead atoms. The van der Waals surface area contributed by atoms with Crippen molar-refractivity contribution in [1.82, 2.24) is 5.32 Å². The van der Waals surface area contributed by atoms with Gasteiger partial charge in [0.1, 0.15) is 5.75 Å². The summed E-state index contributed by atoms with van der Waals surface area (Å²) in [6.45, 7) is 0.264. The van der Waals surface area contributed by atoms with Crippen LogP contribution in [0.4, 0.5) is 5.69 Å². The van der Waals surface area contributed by atoms with Crippen molar-refractivity contribution in [2.24, 2.45) is 0 Å². The molecule has 2 rings (SSSR count). The van der Waals surface area contributed by atoms with Crippen LogP contribution < -0.4 is 15.4 Å². The fraction of sp³-hybridized carbons (Fsp3) is 0.417. The summed E-state index contributed by atoms with van der Waals surface area (Å²) in [5.74, 6) is 0.745. The molecule has 1 aromatic carbocycles. The van der Waals surface area contributed by atoms with Gasteiger partial charge in [0.05, 0.1) is 23.8 Å². The van der Waals surface area contributed by atoms with Gasteiger partial charge in [-0.15, -0.1) is 0 Å². The van der Waals surface area contributed by atoms with Crippen LogP contribution in [0.15, 0.2) is 21.1 Å². The lowest BCUT2D eigenvalue weighted by molar-refractivity contribution is -0.119. The standard InChI is InChI=1S/C12H14Br2N2O2/c1-18-11-5-10(8(13)4-9(11)14)15-6-12(17)16-7-2-3-7/h4-5,7,15H,2-3,6H2,1H3,(H,16,17). The Bertz CT molecular complexity index is 462. The molecule has 0 spiro atoms. The van der Waals surface area contributed by atoms with Crippen LogP contribution in [-0.4, -0.2) is 25.6 Å². The highest BCUT2D eigenvalue weighted by molar-refractivity contribution is 9.11. The van der Waals surface area contributed by atoms with E-state index in [1.165, 1.54) is 0 Å². The van der Waals surface area contributed by atoms with E-state index >= 15 is 0 Å². The molecule has 2 N–H and O–H groups in total. The van der Waals surface area contributed by atoms with Crippen LogP contribution in [0.25, 0.3) is 0 Å². The minimum absolute atomic E-state index is 0.0197. The number of hydrogen-bond donors (Lipinski definition) is 2. The van der Waals surface area contributed by atoms with Crippen LogP contribution in [0.1, 0.15) is 12.8 Å². The third-order valence-electron chi connectivity index (χ3n) is 2.62. The Labute approximate surface area is 123 Å². The van der Waals surface area contributed by atoms with Crippen molar-refractivity contribution in [2.45, 2.75) is 18.9 Å². The summed E-state index contributed by atoms with van der Waals surface area (Å²) in [5, 5.41) is 6.01. The van der Waals surface area contributed by atoms with E-state index in [1.54, 1.807) is 7.11 Å². The van der Waals surface area contributed by atoms with E-state index in [2.05, 4.69) is 42.5 Å². The van der Waals surface area contributed by atoms with Crippen molar-refractivity contribution in [2.75, 3.05) is 19.0 Å². The summed E-state index contributed by atoms with van der Waals surface area (Å²) in [4.78, 5) is 11.6. The Hall–Kier alpha value is -0.750. The number of carbonyl (C=O) groups excluding carboxylic acids is 1. The second kappa shape index (κ2) is 5.93. The molecule has 0 unspecified atom stereocenters. The van der Waals surface area contributed by atoms with Gasteiger partial charge in [-0.3, -0.25) is 4.79 Å². The summed E-state index contributed by atoms with van der Waals surface area (Å²) >= 11 is 6.84. The van der Waals surface area contributed by atoms with Crippen LogP contribution in [0.5, 0.6) is 5.75 Å². The fourth-order valence-electron chi connectivity index (χ4n) is 1.50. The number of nitrogens with one attached hydrogen (secondary N) is 2. The predicted octanol–water partition coefficient (Wildman–Crippen LogP) is 2.91. The highest BCUT2D eigenvalue weighted by atomic mass is 79.9. The number of rotatable bonds is 5. The SMILES string of the molecule is COc1cc(NCC(=O)NC2CC2)c(Br)cc1Br. The number of hydrogen-bond acceptors (Lipinski definition) is 3. The molecular formula is C12H14Br2N2O2. The van der Waals surface area contributed by atoms with Gasteiger partial charge in [0.25, 0.3) is 0 Å². The quantitative estimate of drug-likeness (QED) is 0.829. The molecule has 1 aliphatic rings. The lowest BCUT2D eigenvalue weighted by Gasteiger charge is -2.11. The first-order valence-corrected chi connectivity index (χ1v) is 7.25. The predicted molar refractivity (Wildman–Crippen MR) is 78.0 cm³/mol. The molecular weight excluding hydrogens is 364 g/mol. The maximum absolute atomic E-state index is 11.6. The third kappa shape index (κ3) is 3.62. The molecule has 6 heteroatoms. The van der Waals surface area contributed by atoms with Crippen molar-refractivity contribution in [1.29, 1.82) is 0 Å². The highest BCUT2D eigenvalue weighted by Gasteiger charge is 2.22. The first-order valence-electron chi connectivity index (χ1n) is 5.66. The van der Waals surface area contributed by atoms with E-state index in [0.717, 1.165) is 33.2 Å². The summed E-state index contributed by atoms with van der Waals surface area (Å²) < 4.78 is 6.96. The number of halogens is 2. The molecule has 0 aliphatic heterocycles. The van der Waals surface area contributed by atoms with Crippen molar-refractivity contribution < 1.29 is 9.53 Å². The second-order valence-corrected chi connectivity index (χ2v) is 5.87. The molecule has 0 heterocycles. The van der Waals surface area contributed by atoms with Crippen LogP contribution >= 0.6 is 31.9 Å². The van der Waals surface area contributed by atoms with E-state index < -0.39 is 0 Å². The summed E-state index contributed by atoms with van der Waals surface area (Å²) in [6.07, 6.45) is 2.20. The van der Waals surface area contributed by atoms with Gasteiger partial charge in [-0.1, -0.05) is 0 Å². The first-order chi connectivity index (χ1) is 8.60. The molecule has 0 aromatic heterocycles. The van der Waals surface area contributed by atoms with E-state index in [9.17, 15) is 4.79 Å². The lowest BCUT2D eigenvalue weighted by Crippen LogP contribution is -2.31. The molecule has 0 saturated heterocycles. The molecule has 1 aliphatic carbocycles. The van der Waals surface area contributed by atoms with Crippen molar-refractivity contribution >= 4 is 43.5 Å². The molecule has 0 atom stereocenters. The number of amides is 1. The number of benzene rings is 1. The van der Waals surface area contributed by atoms with E-state index in [-0.39, 0.29) is 12.5 Å². The number of methoxy groups -OCH3 is 1. The van der Waals surface area contributed by atoms with Crippen LogP contribution in [0.3, 0.4) is 0 Å². The van der Waals surface area contributed by atoms with Gasteiger partial charge in [0.2, 0.25) is 5.91 Å². The Morgan fingerprint density at radius 3 is 2.72 bits per heavy atom. The zero-order valence-electron chi connectivity index (χ0n) is 9.93. The van der Waals surface area contributed by atoms with Gasteiger partial charge in [-0.25, -0.2) is 0 Å². The molecule has 1 saturated carbocycles. The molecule has 98 valence electrons. The Kier molecular flexibility index (Phi) is 4.50. The second-order valence-electron chi connectivity index (χ2n) is 4.16. The van der Waals surface area contributed by atoms with Gasteiger partial charge in [-0.05, 0) is 50.8 Å². The molecule has 1 aromatic rings. The van der Waals surface area contributed by atoms with Crippen molar-refractivity contribution in [3.63, 3.8) is 0 Å². The summed E-state index contributed by atoms with van der Waals surface area (Å²) in [5.41, 5.74) is 0.834. The lowest BCUT2D eigenvalue weighted by atomic mass is 10.3. The maximum atomic E-state index is 11.6. The fourth-order valence-corrected chi connectivity index (χ4v) is 2.80. The zero-order valence-corrected chi connectivity index (χ0v) is 13.1. The summed E-state index contributed by atoms with van der Waals surface area (Å²) in [7, 11) is 1.61. The number of carbonyl (C=O) groups is 1. The number of ether oxygens (including phenoxy) is 1. The minimum Gasteiger partial charge on any atom is -0.495 e. The molecule has 1 fully saturated rings. The monoisotopic (exact) mass is 376 g/mol. The molecule has 0 radical (unpaired) electrons. The van der Waals surface area contributed by atoms with E-state index in [4.69, 9.17) is 4.74 Å². The average molecular weight is 378 g/mol. The average Bonchev–Trinajstić information content (AvgIpc) is 3.12. The molecule has 4 nitrogen and oxygen atoms in total. The summed E-state index contributed by atoms with van der Waals surface area (Å²) in [6, 6.07) is 4.13. The topological polar surface area (TPSA) is 50.4 Å². The van der Waals surface area contributed by atoms with Gasteiger partial charge in [0.15, 0.2) is 0 Å². The van der Waals surface area contributed by atoms with Gasteiger partial charge >= 0.3 is 0 Å². The molecule has 18 heavy (non-hydrogen) atoms. The highest BCUT2D eigenvalue weighted by Crippen LogP contribution is 2.34. The van der Waals surface area contributed by atoms with Gasteiger partial charge in [-0.2, -0.15) is 0 Å². The van der Waals surface area contributed by atoms with Crippen LogP contribution in [0.2, 0.25) is 0 Å². The van der Waals surface area contributed by atoms with E-state index in [1.807, 2.05) is 12.1 Å². The van der Waals surface area contributed by atoms with Crippen molar-refractivity contribution in [3.05, 3.63) is 21.1 Å². The largest absolute Gasteiger partial charge is 0.495 e. The van der Waals surface area contributed by atoms with Crippen molar-refractivity contribution in [3.8, 4) is 5.75 Å². The van der Waals surface area contributed by atoms with Gasteiger partial charge in [0, 0.05) is 16.6 Å². The Morgan fingerprint density at radius 1 is 1.39 bits per heavy atom. The van der Waals surface area contributed by atoms with Gasteiger partial charge < -0.3 is 15.4 Å². The Balaban J connectivity index is 1.97. The smallest absolute Gasteiger partial charge is 0.239 e. The normalized spacial score (nSPS) is 14.2. The first kappa shape index (κ1) is 13.7. The van der Waals surface area contributed by atoms with Crippen LogP contribution in [-0.2, 0) is 4.79 Å². The van der Waals surface area contributed by atoms with Crippen LogP contribution in [0, 0.1) is 0 Å². The molecule has 1 amide bonds. The zero-order chi connectivity index (χ0) is 13.1.